The summed E-state index contributed by atoms with van der Waals surface area (Å²) in [4.78, 5) is 18.4. The molecule has 0 radical (unpaired) electrons. The molecule has 0 bridgehead atoms. The quantitative estimate of drug-likeness (QED) is 0.735. The Morgan fingerprint density at radius 2 is 1.92 bits per heavy atom. The standard InChI is InChI=1S/C19H16F2N2O2S/c1-3-25-14-7-4-12(5-8-14)10-17-18(24)23(2)19(26-17)22-16-9-6-13(20)11-15(16)21/h4-11H,3H2,1-2H3/b17-10-,22-19?. The van der Waals surface area contributed by atoms with E-state index >= 15 is 0 Å². The Labute approximate surface area is 154 Å². The largest absolute Gasteiger partial charge is 0.494 e. The first-order valence-electron chi connectivity index (χ1n) is 7.92. The van der Waals surface area contributed by atoms with Gasteiger partial charge >= 0.3 is 0 Å². The molecule has 26 heavy (non-hydrogen) atoms. The molecule has 1 aliphatic heterocycles. The number of hydrogen-bond acceptors (Lipinski definition) is 4. The monoisotopic (exact) mass is 374 g/mol. The highest BCUT2D eigenvalue weighted by Gasteiger charge is 2.30. The highest BCUT2D eigenvalue weighted by Crippen LogP contribution is 2.33. The summed E-state index contributed by atoms with van der Waals surface area (Å²) < 4.78 is 32.2. The first-order valence-corrected chi connectivity index (χ1v) is 8.74. The van der Waals surface area contributed by atoms with Crippen LogP contribution in [0.25, 0.3) is 6.08 Å². The van der Waals surface area contributed by atoms with Crippen LogP contribution in [0.2, 0.25) is 0 Å². The smallest absolute Gasteiger partial charge is 0.266 e. The van der Waals surface area contributed by atoms with Crippen molar-refractivity contribution in [3.05, 3.63) is 64.6 Å². The number of nitrogens with zero attached hydrogens (tertiary/aromatic N) is 2. The number of carbonyl (C=O) groups excluding carboxylic acids is 1. The van der Waals surface area contributed by atoms with E-state index in [0.29, 0.717) is 16.7 Å². The third-order valence-corrected chi connectivity index (χ3v) is 4.68. The Bertz CT molecular complexity index is 895. The third-order valence-electron chi connectivity index (χ3n) is 3.62. The fourth-order valence-corrected chi connectivity index (χ4v) is 3.28. The number of halogens is 2. The summed E-state index contributed by atoms with van der Waals surface area (Å²) in [5, 5.41) is 0.331. The molecule has 0 aromatic heterocycles. The summed E-state index contributed by atoms with van der Waals surface area (Å²) in [6, 6.07) is 10.5. The van der Waals surface area contributed by atoms with Crippen LogP contribution in [0.3, 0.4) is 0 Å². The maximum atomic E-state index is 13.8. The van der Waals surface area contributed by atoms with Gasteiger partial charge in [-0.1, -0.05) is 12.1 Å². The summed E-state index contributed by atoms with van der Waals surface area (Å²) in [5.41, 5.74) is 0.822. The number of benzene rings is 2. The Hall–Kier alpha value is -2.67. The molecule has 0 unspecified atom stereocenters. The second-order valence-corrected chi connectivity index (χ2v) is 6.48. The van der Waals surface area contributed by atoms with Crippen molar-refractivity contribution in [1.82, 2.24) is 4.90 Å². The lowest BCUT2D eigenvalue weighted by molar-refractivity contribution is -0.121. The van der Waals surface area contributed by atoms with Gasteiger partial charge in [-0.15, -0.1) is 0 Å². The number of amides is 1. The van der Waals surface area contributed by atoms with Crippen molar-refractivity contribution in [2.24, 2.45) is 4.99 Å². The van der Waals surface area contributed by atoms with Crippen LogP contribution in [0.5, 0.6) is 5.75 Å². The number of carbonyl (C=O) groups is 1. The molecule has 1 amide bonds. The average Bonchev–Trinajstić information content (AvgIpc) is 2.87. The van der Waals surface area contributed by atoms with Crippen LogP contribution in [0.1, 0.15) is 12.5 Å². The molecule has 7 heteroatoms. The Balaban J connectivity index is 1.85. The van der Waals surface area contributed by atoms with Crippen LogP contribution in [0.4, 0.5) is 14.5 Å². The van der Waals surface area contributed by atoms with Crippen molar-refractivity contribution in [3.63, 3.8) is 0 Å². The fraction of sp³-hybridized carbons (Fsp3) is 0.158. The molecule has 134 valence electrons. The van der Waals surface area contributed by atoms with E-state index in [1.54, 1.807) is 13.1 Å². The lowest BCUT2D eigenvalue weighted by atomic mass is 10.2. The van der Waals surface area contributed by atoms with Gasteiger partial charge in [0.1, 0.15) is 17.3 Å². The van der Waals surface area contributed by atoms with E-state index in [1.165, 1.54) is 11.0 Å². The molecule has 0 N–H and O–H groups in total. The topological polar surface area (TPSA) is 41.9 Å². The van der Waals surface area contributed by atoms with Crippen LogP contribution in [0.15, 0.2) is 52.4 Å². The minimum absolute atomic E-state index is 0.0177. The number of aliphatic imine (C=N–C) groups is 1. The van der Waals surface area contributed by atoms with Gasteiger partial charge in [-0.2, -0.15) is 0 Å². The Kier molecular flexibility index (Phi) is 5.37. The van der Waals surface area contributed by atoms with Crippen LogP contribution in [-0.2, 0) is 4.79 Å². The minimum Gasteiger partial charge on any atom is -0.494 e. The van der Waals surface area contributed by atoms with Crippen molar-refractivity contribution >= 4 is 34.6 Å². The van der Waals surface area contributed by atoms with E-state index in [2.05, 4.69) is 4.99 Å². The van der Waals surface area contributed by atoms with Crippen molar-refractivity contribution in [1.29, 1.82) is 0 Å². The van der Waals surface area contributed by atoms with Crippen molar-refractivity contribution < 1.29 is 18.3 Å². The average molecular weight is 374 g/mol. The van der Waals surface area contributed by atoms with Crippen molar-refractivity contribution in [2.75, 3.05) is 13.7 Å². The lowest BCUT2D eigenvalue weighted by Gasteiger charge is -2.07. The van der Waals surface area contributed by atoms with Gasteiger partial charge in [-0.05, 0) is 54.6 Å². The maximum absolute atomic E-state index is 13.8. The number of likely N-dealkylation sites (N-methyl/N-ethyl adjacent to an activating group) is 1. The first kappa shape index (κ1) is 18.1. The van der Waals surface area contributed by atoms with Gasteiger partial charge in [-0.3, -0.25) is 9.69 Å². The van der Waals surface area contributed by atoms with Gasteiger partial charge in [0.15, 0.2) is 11.0 Å². The van der Waals surface area contributed by atoms with E-state index < -0.39 is 11.6 Å². The molecule has 1 heterocycles. The predicted octanol–water partition coefficient (Wildman–Crippen LogP) is 4.60. The number of rotatable bonds is 4. The fourth-order valence-electron chi connectivity index (χ4n) is 2.30. The molecule has 1 aliphatic rings. The number of hydrogen-bond donors (Lipinski definition) is 0. The van der Waals surface area contributed by atoms with E-state index in [1.807, 2.05) is 31.2 Å². The molecule has 1 fully saturated rings. The second kappa shape index (κ2) is 7.70. The zero-order chi connectivity index (χ0) is 18.7. The maximum Gasteiger partial charge on any atom is 0.266 e. The molecular formula is C19H16F2N2O2S. The Morgan fingerprint density at radius 3 is 2.58 bits per heavy atom. The van der Waals surface area contributed by atoms with Gasteiger partial charge in [0.05, 0.1) is 11.5 Å². The first-order chi connectivity index (χ1) is 12.5. The van der Waals surface area contributed by atoms with Gasteiger partial charge in [-0.25, -0.2) is 13.8 Å². The molecule has 0 saturated carbocycles. The summed E-state index contributed by atoms with van der Waals surface area (Å²) in [6.07, 6.45) is 1.74. The van der Waals surface area contributed by atoms with E-state index in [4.69, 9.17) is 4.74 Å². The van der Waals surface area contributed by atoms with Gasteiger partial charge in [0, 0.05) is 13.1 Å². The van der Waals surface area contributed by atoms with E-state index in [-0.39, 0.29) is 11.6 Å². The highest BCUT2D eigenvalue weighted by atomic mass is 32.2. The molecule has 2 aromatic carbocycles. The molecule has 0 atom stereocenters. The predicted molar refractivity (Wildman–Crippen MR) is 99.4 cm³/mol. The van der Waals surface area contributed by atoms with E-state index in [0.717, 1.165) is 35.2 Å². The van der Waals surface area contributed by atoms with Gasteiger partial charge in [0.2, 0.25) is 0 Å². The minimum atomic E-state index is -0.775. The van der Waals surface area contributed by atoms with Crippen LogP contribution in [0, 0.1) is 11.6 Å². The summed E-state index contributed by atoms with van der Waals surface area (Å²) >= 11 is 1.14. The van der Waals surface area contributed by atoms with Crippen molar-refractivity contribution in [2.45, 2.75) is 6.92 Å². The molecule has 1 saturated heterocycles. The molecule has 2 aromatic rings. The van der Waals surface area contributed by atoms with Crippen LogP contribution in [-0.4, -0.2) is 29.6 Å². The lowest BCUT2D eigenvalue weighted by Crippen LogP contribution is -2.23. The number of amidine groups is 1. The number of ether oxygens (including phenoxy) is 1. The molecule has 0 spiro atoms. The third kappa shape index (κ3) is 3.94. The Morgan fingerprint density at radius 1 is 1.19 bits per heavy atom. The van der Waals surface area contributed by atoms with E-state index in [9.17, 15) is 13.6 Å². The summed E-state index contributed by atoms with van der Waals surface area (Å²) in [6.45, 7) is 2.49. The molecule has 3 rings (SSSR count). The normalized spacial score (nSPS) is 17.4. The summed E-state index contributed by atoms with van der Waals surface area (Å²) in [5.74, 6) is -0.926. The van der Waals surface area contributed by atoms with Crippen LogP contribution < -0.4 is 4.74 Å². The van der Waals surface area contributed by atoms with Crippen LogP contribution >= 0.6 is 11.8 Å². The highest BCUT2D eigenvalue weighted by molar-refractivity contribution is 8.18. The number of thioether (sulfide) groups is 1. The molecule has 0 aliphatic carbocycles. The molecular weight excluding hydrogens is 358 g/mol. The van der Waals surface area contributed by atoms with Gasteiger partial charge < -0.3 is 4.74 Å². The van der Waals surface area contributed by atoms with Gasteiger partial charge in [0.25, 0.3) is 5.91 Å². The zero-order valence-electron chi connectivity index (χ0n) is 14.2. The second-order valence-electron chi connectivity index (χ2n) is 5.47. The zero-order valence-corrected chi connectivity index (χ0v) is 15.0. The SMILES string of the molecule is CCOc1ccc(/C=C2\SC(=Nc3ccc(F)cc3F)N(C)C2=O)cc1. The molecule has 4 nitrogen and oxygen atoms in total. The summed E-state index contributed by atoms with van der Waals surface area (Å²) in [7, 11) is 1.56. The van der Waals surface area contributed by atoms with Crippen molar-refractivity contribution in [3.8, 4) is 5.75 Å².